The van der Waals surface area contributed by atoms with Crippen LogP contribution in [0, 0.1) is 6.92 Å². The minimum atomic E-state index is 0.642. The number of rotatable bonds is 2. The van der Waals surface area contributed by atoms with Gasteiger partial charge in [0, 0.05) is 21.7 Å². The summed E-state index contributed by atoms with van der Waals surface area (Å²) in [5.74, 6) is 0.642. The number of aromatic nitrogens is 3. The van der Waals surface area contributed by atoms with Crippen LogP contribution in [0.4, 0.5) is 0 Å². The van der Waals surface area contributed by atoms with Crippen molar-refractivity contribution in [3.8, 4) is 17.2 Å². The Balaban J connectivity index is 1.67. The van der Waals surface area contributed by atoms with Gasteiger partial charge in [-0.25, -0.2) is 9.97 Å². The van der Waals surface area contributed by atoms with Crippen LogP contribution in [0.2, 0.25) is 0 Å². The Morgan fingerprint density at radius 2 is 1.24 bits per heavy atom. The average molecular weight is 425 g/mol. The fraction of sp³-hybridized carbons (Fsp3) is 0.0345. The number of nitrogens with zero attached hydrogens (tertiary/aromatic N) is 3. The number of benzene rings is 4. The van der Waals surface area contributed by atoms with E-state index in [0.29, 0.717) is 5.95 Å². The van der Waals surface area contributed by atoms with Crippen molar-refractivity contribution in [1.82, 2.24) is 14.5 Å². The molecule has 4 aromatic carbocycles. The maximum atomic E-state index is 6.38. The van der Waals surface area contributed by atoms with Crippen molar-refractivity contribution in [2.45, 2.75) is 6.92 Å². The Morgan fingerprint density at radius 3 is 1.97 bits per heavy atom. The summed E-state index contributed by atoms with van der Waals surface area (Å²) in [6.07, 6.45) is 0. The summed E-state index contributed by atoms with van der Waals surface area (Å²) in [5.41, 5.74) is 7.47. The third-order valence-corrected chi connectivity index (χ3v) is 6.35. The van der Waals surface area contributed by atoms with E-state index in [4.69, 9.17) is 14.4 Å². The Bertz CT molecular complexity index is 1770. The third kappa shape index (κ3) is 2.58. The third-order valence-electron chi connectivity index (χ3n) is 6.35. The number of para-hydroxylation sites is 3. The van der Waals surface area contributed by atoms with E-state index < -0.39 is 0 Å². The van der Waals surface area contributed by atoms with E-state index in [1.54, 1.807) is 0 Å². The molecule has 0 atom stereocenters. The summed E-state index contributed by atoms with van der Waals surface area (Å²) in [6.45, 7) is 2.06. The molecule has 156 valence electrons. The van der Waals surface area contributed by atoms with Crippen molar-refractivity contribution >= 4 is 43.9 Å². The van der Waals surface area contributed by atoms with E-state index in [0.717, 1.165) is 49.9 Å². The monoisotopic (exact) mass is 425 g/mol. The van der Waals surface area contributed by atoms with Gasteiger partial charge in [0.1, 0.15) is 16.8 Å². The second-order valence-electron chi connectivity index (χ2n) is 8.34. The second kappa shape index (κ2) is 6.78. The van der Waals surface area contributed by atoms with Crippen LogP contribution in [-0.2, 0) is 0 Å². The molecule has 4 nitrogen and oxygen atoms in total. The van der Waals surface area contributed by atoms with Crippen molar-refractivity contribution < 1.29 is 4.42 Å². The van der Waals surface area contributed by atoms with E-state index in [9.17, 15) is 0 Å². The predicted molar refractivity (Wildman–Crippen MR) is 134 cm³/mol. The molecule has 0 aliphatic rings. The van der Waals surface area contributed by atoms with Crippen LogP contribution in [0.25, 0.3) is 61.1 Å². The molecule has 0 aliphatic carbocycles. The molecular formula is C29H19N3O. The average Bonchev–Trinajstić information content (AvgIpc) is 3.41. The molecule has 0 amide bonds. The van der Waals surface area contributed by atoms with Gasteiger partial charge in [0.25, 0.3) is 0 Å². The molecule has 0 bridgehead atoms. The van der Waals surface area contributed by atoms with Crippen LogP contribution in [0.3, 0.4) is 0 Å². The van der Waals surface area contributed by atoms with Crippen LogP contribution in [0.5, 0.6) is 0 Å². The van der Waals surface area contributed by atoms with Crippen LogP contribution in [-0.4, -0.2) is 14.5 Å². The molecular weight excluding hydrogens is 406 g/mol. The van der Waals surface area contributed by atoms with Gasteiger partial charge in [-0.15, -0.1) is 0 Å². The first-order valence-electron chi connectivity index (χ1n) is 11.0. The molecule has 0 fully saturated rings. The summed E-state index contributed by atoms with van der Waals surface area (Å²) in [4.78, 5) is 10.2. The molecule has 3 aromatic heterocycles. The molecule has 0 unspecified atom stereocenters. The van der Waals surface area contributed by atoms with Crippen LogP contribution in [0.15, 0.2) is 101 Å². The summed E-state index contributed by atoms with van der Waals surface area (Å²) in [7, 11) is 0. The fourth-order valence-electron chi connectivity index (χ4n) is 4.82. The first kappa shape index (κ1) is 18.2. The van der Waals surface area contributed by atoms with Gasteiger partial charge >= 0.3 is 0 Å². The Morgan fingerprint density at radius 1 is 0.606 bits per heavy atom. The standard InChI is InChI=1S/C29H19N3O/c1-18-10-9-15-22-26-28(33-27(18)22)25(19-11-3-2-4-12-19)30-29(31-26)32-23-16-7-5-13-20(23)21-14-6-8-17-24(21)32/h2-17H,1H3. The number of hydrogen-bond donors (Lipinski definition) is 0. The molecule has 4 heteroatoms. The zero-order valence-corrected chi connectivity index (χ0v) is 18.0. The zero-order valence-electron chi connectivity index (χ0n) is 18.0. The molecule has 7 rings (SSSR count). The largest absolute Gasteiger partial charge is 0.452 e. The topological polar surface area (TPSA) is 43.9 Å². The minimum absolute atomic E-state index is 0.642. The summed E-state index contributed by atoms with van der Waals surface area (Å²) >= 11 is 0. The number of aryl methyl sites for hydroxylation is 1. The molecule has 0 radical (unpaired) electrons. The molecule has 33 heavy (non-hydrogen) atoms. The number of hydrogen-bond acceptors (Lipinski definition) is 3. The van der Waals surface area contributed by atoms with Crippen LogP contribution in [0.1, 0.15) is 5.56 Å². The lowest BCUT2D eigenvalue weighted by atomic mass is 10.1. The maximum absolute atomic E-state index is 6.38. The molecule has 0 aliphatic heterocycles. The van der Waals surface area contributed by atoms with Gasteiger partial charge in [-0.1, -0.05) is 78.9 Å². The van der Waals surface area contributed by atoms with Crippen molar-refractivity contribution in [2.75, 3.05) is 0 Å². The van der Waals surface area contributed by atoms with Gasteiger partial charge in [-0.05, 0) is 30.7 Å². The molecule has 0 N–H and O–H groups in total. The van der Waals surface area contributed by atoms with Gasteiger partial charge in [-0.3, -0.25) is 4.57 Å². The van der Waals surface area contributed by atoms with E-state index >= 15 is 0 Å². The lowest BCUT2D eigenvalue weighted by Crippen LogP contribution is -2.02. The summed E-state index contributed by atoms with van der Waals surface area (Å²) in [5, 5.41) is 3.38. The van der Waals surface area contributed by atoms with Crippen molar-refractivity contribution in [2.24, 2.45) is 0 Å². The highest BCUT2D eigenvalue weighted by molar-refractivity contribution is 6.10. The highest BCUT2D eigenvalue weighted by Gasteiger charge is 2.21. The highest BCUT2D eigenvalue weighted by Crippen LogP contribution is 2.37. The van der Waals surface area contributed by atoms with E-state index in [2.05, 4.69) is 90.4 Å². The molecule has 0 spiro atoms. The van der Waals surface area contributed by atoms with Gasteiger partial charge in [0.2, 0.25) is 5.95 Å². The predicted octanol–water partition coefficient (Wildman–Crippen LogP) is 7.45. The van der Waals surface area contributed by atoms with Crippen molar-refractivity contribution in [1.29, 1.82) is 0 Å². The van der Waals surface area contributed by atoms with Gasteiger partial charge < -0.3 is 4.42 Å². The van der Waals surface area contributed by atoms with E-state index in [-0.39, 0.29) is 0 Å². The lowest BCUT2D eigenvalue weighted by Gasteiger charge is -2.09. The Kier molecular flexibility index (Phi) is 3.73. The van der Waals surface area contributed by atoms with Gasteiger partial charge in [0.05, 0.1) is 11.0 Å². The highest BCUT2D eigenvalue weighted by atomic mass is 16.3. The molecule has 0 saturated carbocycles. The zero-order chi connectivity index (χ0) is 21.9. The Labute approximate surface area is 189 Å². The Hall–Kier alpha value is -4.44. The number of fused-ring (bicyclic) bond motifs is 6. The minimum Gasteiger partial charge on any atom is -0.452 e. The first-order valence-corrected chi connectivity index (χ1v) is 11.0. The van der Waals surface area contributed by atoms with Crippen LogP contribution >= 0.6 is 0 Å². The lowest BCUT2D eigenvalue weighted by molar-refractivity contribution is 0.663. The van der Waals surface area contributed by atoms with Gasteiger partial charge in [0.15, 0.2) is 5.58 Å². The van der Waals surface area contributed by atoms with Crippen LogP contribution < -0.4 is 0 Å². The quantitative estimate of drug-likeness (QED) is 0.289. The molecule has 7 aromatic rings. The molecule has 0 saturated heterocycles. The SMILES string of the molecule is Cc1cccc2c1oc1c(-c3ccccc3)nc(-n3c4ccccc4c4ccccc43)nc12. The molecule has 3 heterocycles. The second-order valence-corrected chi connectivity index (χ2v) is 8.34. The van der Waals surface area contributed by atoms with Gasteiger partial charge in [-0.2, -0.15) is 0 Å². The van der Waals surface area contributed by atoms with E-state index in [1.165, 1.54) is 10.8 Å². The van der Waals surface area contributed by atoms with E-state index in [1.807, 2.05) is 18.2 Å². The van der Waals surface area contributed by atoms with Crippen molar-refractivity contribution in [3.05, 3.63) is 103 Å². The normalized spacial score (nSPS) is 11.8. The summed E-state index contributed by atoms with van der Waals surface area (Å²) < 4.78 is 8.54. The number of furan rings is 1. The smallest absolute Gasteiger partial charge is 0.236 e. The first-order chi connectivity index (χ1) is 16.3. The van der Waals surface area contributed by atoms with Crippen molar-refractivity contribution in [3.63, 3.8) is 0 Å². The fourth-order valence-corrected chi connectivity index (χ4v) is 4.82. The maximum Gasteiger partial charge on any atom is 0.236 e. The summed E-state index contributed by atoms with van der Waals surface area (Å²) in [6, 6.07) is 33.2.